The van der Waals surface area contributed by atoms with E-state index < -0.39 is 0 Å². The number of nitrogens with zero attached hydrogens (tertiary/aromatic N) is 1. The molecule has 0 radical (unpaired) electrons. The molecule has 0 spiro atoms. The Labute approximate surface area is 117 Å². The lowest BCUT2D eigenvalue weighted by molar-refractivity contribution is -0.121. The number of halogens is 1. The molecule has 0 aromatic heterocycles. The Morgan fingerprint density at radius 3 is 2.63 bits per heavy atom. The molecule has 5 nitrogen and oxygen atoms in total. The van der Waals surface area contributed by atoms with Crippen molar-refractivity contribution in [3.8, 4) is 5.75 Å². The predicted octanol–water partition coefficient (Wildman–Crippen LogP) is 1.64. The van der Waals surface area contributed by atoms with Gasteiger partial charge in [0.05, 0.1) is 12.1 Å². The van der Waals surface area contributed by atoms with Crippen molar-refractivity contribution in [2.45, 2.75) is 13.3 Å². The summed E-state index contributed by atoms with van der Waals surface area (Å²) in [7, 11) is 1.51. The number of likely N-dealkylation sites (N-methyl/N-ethyl adjacent to an activating group) is 1. The topological polar surface area (TPSA) is 69.6 Å². The number of phenolic OH excluding ortho intramolecular Hbond substituents is 1. The highest BCUT2D eigenvalue weighted by Gasteiger charge is 2.20. The van der Waals surface area contributed by atoms with Crippen LogP contribution in [0.15, 0.2) is 18.2 Å². The summed E-state index contributed by atoms with van der Waals surface area (Å²) in [6, 6.07) is 4.28. The van der Waals surface area contributed by atoms with Gasteiger partial charge in [0.2, 0.25) is 5.91 Å². The minimum Gasteiger partial charge on any atom is -0.507 e. The molecule has 1 aromatic rings. The fraction of sp³-hybridized carbons (Fsp3) is 0.385. The van der Waals surface area contributed by atoms with E-state index in [0.717, 1.165) is 6.42 Å². The van der Waals surface area contributed by atoms with E-state index in [-0.39, 0.29) is 29.7 Å². The molecule has 1 aromatic carbocycles. The summed E-state index contributed by atoms with van der Waals surface area (Å²) in [4.78, 5) is 25.0. The van der Waals surface area contributed by atoms with Crippen LogP contribution in [0.5, 0.6) is 5.75 Å². The van der Waals surface area contributed by atoms with Gasteiger partial charge in [-0.15, -0.1) is 0 Å². The Kier molecular flexibility index (Phi) is 5.63. The molecule has 0 aliphatic carbocycles. The van der Waals surface area contributed by atoms with Crippen molar-refractivity contribution in [2.75, 3.05) is 20.1 Å². The lowest BCUT2D eigenvalue weighted by Gasteiger charge is -2.21. The van der Waals surface area contributed by atoms with E-state index in [1.165, 1.54) is 30.1 Å². The van der Waals surface area contributed by atoms with Crippen LogP contribution in [0.4, 0.5) is 0 Å². The van der Waals surface area contributed by atoms with Crippen molar-refractivity contribution < 1.29 is 14.7 Å². The molecule has 1 rings (SSSR count). The molecular formula is C13H17ClN2O3. The minimum absolute atomic E-state index is 0.0365. The first-order valence-electron chi connectivity index (χ1n) is 5.98. The molecule has 2 amide bonds. The van der Waals surface area contributed by atoms with E-state index in [9.17, 15) is 14.7 Å². The SMILES string of the molecule is CCCN(CC(=O)NC)C(=O)c1ccc(Cl)cc1O. The number of hydrogen-bond donors (Lipinski definition) is 2. The van der Waals surface area contributed by atoms with Gasteiger partial charge in [-0.05, 0) is 24.6 Å². The molecule has 0 heterocycles. The number of phenols is 1. The third-order valence-corrected chi connectivity index (χ3v) is 2.82. The highest BCUT2D eigenvalue weighted by Crippen LogP contribution is 2.23. The van der Waals surface area contributed by atoms with E-state index in [0.29, 0.717) is 11.6 Å². The molecule has 0 atom stereocenters. The van der Waals surface area contributed by atoms with Gasteiger partial charge in [0, 0.05) is 18.6 Å². The van der Waals surface area contributed by atoms with Crippen LogP contribution in [0.3, 0.4) is 0 Å². The maximum absolute atomic E-state index is 12.3. The first kappa shape index (κ1) is 15.3. The highest BCUT2D eigenvalue weighted by atomic mass is 35.5. The van der Waals surface area contributed by atoms with Crippen LogP contribution in [0, 0.1) is 0 Å². The molecule has 0 saturated heterocycles. The van der Waals surface area contributed by atoms with Crippen LogP contribution in [0.2, 0.25) is 5.02 Å². The average molecular weight is 285 g/mol. The van der Waals surface area contributed by atoms with Gasteiger partial charge in [-0.25, -0.2) is 0 Å². The third-order valence-electron chi connectivity index (χ3n) is 2.58. The minimum atomic E-state index is -0.389. The van der Waals surface area contributed by atoms with Gasteiger partial charge in [0.25, 0.3) is 5.91 Å². The van der Waals surface area contributed by atoms with Gasteiger partial charge in [0.1, 0.15) is 5.75 Å². The maximum Gasteiger partial charge on any atom is 0.258 e. The number of carbonyl (C=O) groups excluding carboxylic acids is 2. The summed E-state index contributed by atoms with van der Waals surface area (Å²) in [5.74, 6) is -0.828. The summed E-state index contributed by atoms with van der Waals surface area (Å²) in [6.07, 6.45) is 0.719. The largest absolute Gasteiger partial charge is 0.507 e. The predicted molar refractivity (Wildman–Crippen MR) is 73.4 cm³/mol. The number of nitrogens with one attached hydrogen (secondary N) is 1. The van der Waals surface area contributed by atoms with E-state index in [4.69, 9.17) is 11.6 Å². The second-order valence-electron chi connectivity index (χ2n) is 4.06. The summed E-state index contributed by atoms with van der Waals surface area (Å²) < 4.78 is 0. The van der Waals surface area contributed by atoms with Crippen LogP contribution in [-0.2, 0) is 4.79 Å². The zero-order chi connectivity index (χ0) is 14.4. The van der Waals surface area contributed by atoms with Gasteiger partial charge < -0.3 is 15.3 Å². The van der Waals surface area contributed by atoms with Crippen molar-refractivity contribution in [2.24, 2.45) is 0 Å². The molecular weight excluding hydrogens is 268 g/mol. The van der Waals surface area contributed by atoms with Crippen LogP contribution >= 0.6 is 11.6 Å². The quantitative estimate of drug-likeness (QED) is 0.864. The van der Waals surface area contributed by atoms with Crippen LogP contribution in [0.1, 0.15) is 23.7 Å². The standard InChI is InChI=1S/C13H17ClN2O3/c1-3-6-16(8-12(18)15-2)13(19)10-5-4-9(14)7-11(10)17/h4-5,7,17H,3,6,8H2,1-2H3,(H,15,18). The molecule has 0 aliphatic heterocycles. The van der Waals surface area contributed by atoms with Crippen LogP contribution in [0.25, 0.3) is 0 Å². The summed E-state index contributed by atoms with van der Waals surface area (Å²) in [5.41, 5.74) is 0.141. The second kappa shape index (κ2) is 6.99. The van der Waals surface area contributed by atoms with E-state index in [1.54, 1.807) is 0 Å². The number of benzene rings is 1. The number of aromatic hydroxyl groups is 1. The summed E-state index contributed by atoms with van der Waals surface area (Å²) in [5, 5.41) is 12.6. The molecule has 19 heavy (non-hydrogen) atoms. The van der Waals surface area contributed by atoms with Crippen molar-refractivity contribution in [1.82, 2.24) is 10.2 Å². The Morgan fingerprint density at radius 2 is 2.11 bits per heavy atom. The van der Waals surface area contributed by atoms with Crippen molar-refractivity contribution in [1.29, 1.82) is 0 Å². The molecule has 0 saturated carbocycles. The first-order chi connectivity index (χ1) is 8.99. The molecule has 2 N–H and O–H groups in total. The molecule has 6 heteroatoms. The molecule has 0 aliphatic rings. The maximum atomic E-state index is 12.3. The van der Waals surface area contributed by atoms with Crippen molar-refractivity contribution >= 4 is 23.4 Å². The number of hydrogen-bond acceptors (Lipinski definition) is 3. The third kappa shape index (κ3) is 4.13. The Hall–Kier alpha value is -1.75. The zero-order valence-electron chi connectivity index (χ0n) is 10.9. The normalized spacial score (nSPS) is 10.1. The lowest BCUT2D eigenvalue weighted by atomic mass is 10.1. The number of carbonyl (C=O) groups is 2. The highest BCUT2D eigenvalue weighted by molar-refractivity contribution is 6.30. The second-order valence-corrected chi connectivity index (χ2v) is 4.50. The van der Waals surface area contributed by atoms with Gasteiger partial charge >= 0.3 is 0 Å². The van der Waals surface area contributed by atoms with Crippen molar-refractivity contribution in [3.63, 3.8) is 0 Å². The Balaban J connectivity index is 2.95. The Morgan fingerprint density at radius 1 is 1.42 bits per heavy atom. The van der Waals surface area contributed by atoms with E-state index in [2.05, 4.69) is 5.32 Å². The van der Waals surface area contributed by atoms with Gasteiger partial charge in [-0.1, -0.05) is 18.5 Å². The number of rotatable bonds is 5. The van der Waals surface area contributed by atoms with Crippen LogP contribution < -0.4 is 5.32 Å². The van der Waals surface area contributed by atoms with Crippen molar-refractivity contribution in [3.05, 3.63) is 28.8 Å². The summed E-state index contributed by atoms with van der Waals surface area (Å²) >= 11 is 5.72. The lowest BCUT2D eigenvalue weighted by Crippen LogP contribution is -2.40. The fourth-order valence-corrected chi connectivity index (χ4v) is 1.80. The van der Waals surface area contributed by atoms with Gasteiger partial charge in [0.15, 0.2) is 0 Å². The molecule has 0 fully saturated rings. The molecule has 0 unspecified atom stereocenters. The monoisotopic (exact) mass is 284 g/mol. The van der Waals surface area contributed by atoms with E-state index in [1.807, 2.05) is 6.92 Å². The van der Waals surface area contributed by atoms with Crippen LogP contribution in [-0.4, -0.2) is 42.0 Å². The molecule has 0 bridgehead atoms. The summed E-state index contributed by atoms with van der Waals surface area (Å²) in [6.45, 7) is 2.31. The smallest absolute Gasteiger partial charge is 0.258 e. The number of amides is 2. The fourth-order valence-electron chi connectivity index (χ4n) is 1.63. The van der Waals surface area contributed by atoms with Gasteiger partial charge in [-0.2, -0.15) is 0 Å². The first-order valence-corrected chi connectivity index (χ1v) is 6.35. The average Bonchev–Trinajstić information content (AvgIpc) is 2.37. The van der Waals surface area contributed by atoms with E-state index >= 15 is 0 Å². The Bertz CT molecular complexity index is 477. The molecule has 104 valence electrons. The van der Waals surface area contributed by atoms with Gasteiger partial charge in [-0.3, -0.25) is 9.59 Å². The zero-order valence-corrected chi connectivity index (χ0v) is 11.7.